The molecule has 0 saturated heterocycles. The molecule has 128 valence electrons. The van der Waals surface area contributed by atoms with E-state index in [0.717, 1.165) is 19.3 Å². The molecule has 0 aromatic heterocycles. The first-order valence-electron chi connectivity index (χ1n) is 7.52. The van der Waals surface area contributed by atoms with Crippen molar-refractivity contribution in [2.45, 2.75) is 63.9 Å². The van der Waals surface area contributed by atoms with Crippen LogP contribution in [0.5, 0.6) is 0 Å². The SMILES string of the molecule is CCCCCCCCOCC(O)CNCC(F)(F)C(F)F. The zero-order chi connectivity index (χ0) is 16.1. The lowest BCUT2D eigenvalue weighted by atomic mass is 10.1. The monoisotopic (exact) mass is 317 g/mol. The molecule has 0 fully saturated rings. The molecular weight excluding hydrogens is 290 g/mol. The van der Waals surface area contributed by atoms with Crippen LogP contribution < -0.4 is 5.32 Å². The highest BCUT2D eigenvalue weighted by molar-refractivity contribution is 4.73. The Hall–Kier alpha value is -0.400. The van der Waals surface area contributed by atoms with E-state index in [9.17, 15) is 22.7 Å². The Morgan fingerprint density at radius 2 is 1.71 bits per heavy atom. The largest absolute Gasteiger partial charge is 0.389 e. The zero-order valence-corrected chi connectivity index (χ0v) is 12.6. The van der Waals surface area contributed by atoms with Gasteiger partial charge >= 0.3 is 12.3 Å². The molecule has 1 unspecified atom stereocenters. The number of aliphatic hydroxyl groups excluding tert-OH is 1. The van der Waals surface area contributed by atoms with E-state index in [-0.39, 0.29) is 13.2 Å². The van der Waals surface area contributed by atoms with E-state index in [1.54, 1.807) is 0 Å². The van der Waals surface area contributed by atoms with Crippen molar-refractivity contribution in [2.24, 2.45) is 0 Å². The van der Waals surface area contributed by atoms with Crippen molar-refractivity contribution >= 4 is 0 Å². The van der Waals surface area contributed by atoms with Gasteiger partial charge in [-0.2, -0.15) is 8.78 Å². The third kappa shape index (κ3) is 11.9. The molecule has 0 aliphatic carbocycles. The molecular formula is C14H27F4NO2. The number of hydrogen-bond acceptors (Lipinski definition) is 3. The van der Waals surface area contributed by atoms with Crippen LogP contribution in [-0.4, -0.2) is 49.9 Å². The highest BCUT2D eigenvalue weighted by atomic mass is 19.3. The Labute approximate surface area is 124 Å². The topological polar surface area (TPSA) is 41.5 Å². The van der Waals surface area contributed by atoms with Gasteiger partial charge < -0.3 is 15.2 Å². The number of halogens is 4. The van der Waals surface area contributed by atoms with E-state index >= 15 is 0 Å². The van der Waals surface area contributed by atoms with E-state index in [0.29, 0.717) is 6.61 Å². The summed E-state index contributed by atoms with van der Waals surface area (Å²) < 4.78 is 54.0. The number of alkyl halides is 4. The molecule has 21 heavy (non-hydrogen) atoms. The van der Waals surface area contributed by atoms with Crippen LogP contribution in [0.1, 0.15) is 45.4 Å². The van der Waals surface area contributed by atoms with Crippen molar-refractivity contribution in [2.75, 3.05) is 26.3 Å². The first kappa shape index (κ1) is 20.6. The summed E-state index contributed by atoms with van der Waals surface area (Å²) >= 11 is 0. The summed E-state index contributed by atoms with van der Waals surface area (Å²) in [4.78, 5) is 0. The fourth-order valence-corrected chi connectivity index (χ4v) is 1.75. The van der Waals surface area contributed by atoms with Gasteiger partial charge in [-0.25, -0.2) is 8.78 Å². The minimum atomic E-state index is -4.07. The minimum absolute atomic E-state index is 0.0161. The number of nitrogens with one attached hydrogen (secondary N) is 1. The second-order valence-electron chi connectivity index (χ2n) is 5.19. The summed E-state index contributed by atoms with van der Waals surface area (Å²) in [5.74, 6) is -4.07. The van der Waals surface area contributed by atoms with E-state index in [4.69, 9.17) is 4.74 Å². The molecule has 0 aromatic rings. The van der Waals surface area contributed by atoms with Gasteiger partial charge in [0.15, 0.2) is 0 Å². The summed E-state index contributed by atoms with van der Waals surface area (Å²) in [5, 5.41) is 11.6. The van der Waals surface area contributed by atoms with Crippen molar-refractivity contribution < 1.29 is 27.4 Å². The smallest absolute Gasteiger partial charge is 0.319 e. The van der Waals surface area contributed by atoms with Gasteiger partial charge in [0.05, 0.1) is 19.3 Å². The Morgan fingerprint density at radius 1 is 1.10 bits per heavy atom. The second kappa shape index (κ2) is 12.2. The summed E-state index contributed by atoms with van der Waals surface area (Å²) in [5.41, 5.74) is 0. The van der Waals surface area contributed by atoms with Crippen molar-refractivity contribution in [1.82, 2.24) is 5.32 Å². The van der Waals surface area contributed by atoms with Gasteiger partial charge in [0.2, 0.25) is 0 Å². The maximum Gasteiger partial charge on any atom is 0.319 e. The van der Waals surface area contributed by atoms with Crippen molar-refractivity contribution in [3.8, 4) is 0 Å². The molecule has 0 heterocycles. The van der Waals surface area contributed by atoms with Crippen LogP contribution in [0.2, 0.25) is 0 Å². The lowest BCUT2D eigenvalue weighted by Crippen LogP contribution is -2.42. The molecule has 0 radical (unpaired) electrons. The van der Waals surface area contributed by atoms with Crippen LogP contribution in [0, 0.1) is 0 Å². The molecule has 2 N–H and O–H groups in total. The fourth-order valence-electron chi connectivity index (χ4n) is 1.75. The van der Waals surface area contributed by atoms with Crippen LogP contribution in [0.25, 0.3) is 0 Å². The minimum Gasteiger partial charge on any atom is -0.389 e. The predicted octanol–water partition coefficient (Wildman–Crippen LogP) is 3.21. The van der Waals surface area contributed by atoms with Gasteiger partial charge in [-0.15, -0.1) is 0 Å². The lowest BCUT2D eigenvalue weighted by molar-refractivity contribution is -0.126. The van der Waals surface area contributed by atoms with E-state index in [2.05, 4.69) is 12.2 Å². The molecule has 0 spiro atoms. The molecule has 1 atom stereocenters. The maximum atomic E-state index is 12.6. The second-order valence-corrected chi connectivity index (χ2v) is 5.19. The summed E-state index contributed by atoms with van der Waals surface area (Å²) in [6.07, 6.45) is 2.08. The first-order chi connectivity index (χ1) is 9.90. The average Bonchev–Trinajstić information content (AvgIpc) is 2.41. The lowest BCUT2D eigenvalue weighted by Gasteiger charge is -2.17. The molecule has 3 nitrogen and oxygen atoms in total. The number of rotatable bonds is 14. The van der Waals surface area contributed by atoms with E-state index in [1.165, 1.54) is 19.3 Å². The Morgan fingerprint density at radius 3 is 2.33 bits per heavy atom. The van der Waals surface area contributed by atoms with Crippen molar-refractivity contribution in [3.05, 3.63) is 0 Å². The molecule has 0 amide bonds. The number of hydrogen-bond donors (Lipinski definition) is 2. The molecule has 0 rings (SSSR count). The third-order valence-corrected chi connectivity index (χ3v) is 3.01. The maximum absolute atomic E-state index is 12.6. The Kier molecular flexibility index (Phi) is 11.9. The molecule has 0 aliphatic rings. The fraction of sp³-hybridized carbons (Fsp3) is 1.00. The molecule has 0 saturated carbocycles. The van der Waals surface area contributed by atoms with E-state index < -0.39 is 25.0 Å². The van der Waals surface area contributed by atoms with E-state index in [1.807, 2.05) is 0 Å². The summed E-state index contributed by atoms with van der Waals surface area (Å²) in [7, 11) is 0. The zero-order valence-electron chi connectivity index (χ0n) is 12.6. The molecule has 7 heteroatoms. The van der Waals surface area contributed by atoms with Crippen LogP contribution in [0.3, 0.4) is 0 Å². The van der Waals surface area contributed by atoms with Gasteiger partial charge in [-0.3, -0.25) is 0 Å². The van der Waals surface area contributed by atoms with Crippen LogP contribution in [-0.2, 0) is 4.74 Å². The summed E-state index contributed by atoms with van der Waals surface area (Å²) in [6, 6.07) is 0. The number of unbranched alkanes of at least 4 members (excludes halogenated alkanes) is 5. The number of ether oxygens (including phenoxy) is 1. The van der Waals surface area contributed by atoms with Gasteiger partial charge in [0.1, 0.15) is 0 Å². The Bertz CT molecular complexity index is 243. The normalized spacial score (nSPS) is 13.9. The van der Waals surface area contributed by atoms with Gasteiger partial charge in [0, 0.05) is 13.2 Å². The third-order valence-electron chi connectivity index (χ3n) is 3.01. The molecule has 0 bridgehead atoms. The van der Waals surface area contributed by atoms with Crippen molar-refractivity contribution in [1.29, 1.82) is 0 Å². The summed E-state index contributed by atoms with van der Waals surface area (Å²) in [6.45, 7) is 1.33. The average molecular weight is 317 g/mol. The number of aliphatic hydroxyl groups is 1. The quantitative estimate of drug-likeness (QED) is 0.382. The molecule has 0 aromatic carbocycles. The van der Waals surface area contributed by atoms with Crippen LogP contribution >= 0.6 is 0 Å². The van der Waals surface area contributed by atoms with Gasteiger partial charge in [0.25, 0.3) is 0 Å². The Balaban J connectivity index is 3.41. The molecule has 0 aliphatic heterocycles. The first-order valence-corrected chi connectivity index (χ1v) is 7.52. The standard InChI is InChI=1S/C14H27F4NO2/c1-2-3-4-5-6-7-8-21-10-12(20)9-19-11-14(17,18)13(15)16/h12-13,19-20H,2-11H2,1H3. The van der Waals surface area contributed by atoms with Gasteiger partial charge in [-0.1, -0.05) is 39.0 Å². The van der Waals surface area contributed by atoms with Crippen LogP contribution in [0.15, 0.2) is 0 Å². The van der Waals surface area contributed by atoms with Crippen LogP contribution in [0.4, 0.5) is 17.6 Å². The predicted molar refractivity (Wildman–Crippen MR) is 74.0 cm³/mol. The van der Waals surface area contributed by atoms with Crippen molar-refractivity contribution in [3.63, 3.8) is 0 Å². The van der Waals surface area contributed by atoms with Gasteiger partial charge in [-0.05, 0) is 6.42 Å². The highest BCUT2D eigenvalue weighted by Gasteiger charge is 2.40. The highest BCUT2D eigenvalue weighted by Crippen LogP contribution is 2.21.